The molecule has 2 nitrogen and oxygen atoms in total. The lowest BCUT2D eigenvalue weighted by Gasteiger charge is -2.31. The molecule has 2 fully saturated rings. The number of benzene rings is 1. The highest BCUT2D eigenvalue weighted by Gasteiger charge is 2.38. The van der Waals surface area contributed by atoms with Gasteiger partial charge >= 0.3 is 0 Å². The molecule has 1 aliphatic carbocycles. The highest BCUT2D eigenvalue weighted by molar-refractivity contribution is 6.31. The van der Waals surface area contributed by atoms with Crippen LogP contribution >= 0.6 is 11.6 Å². The standard InChI is InChI=1S/C14H19ClN2/c15-13-2-1-3-14(12(13)6-7-16)17-9-10-4-5-11(17)8-10/h1-3,10-11H,4-9,16H2. The van der Waals surface area contributed by atoms with Gasteiger partial charge in [-0.05, 0) is 55.8 Å². The number of hydrogen-bond donors (Lipinski definition) is 1. The second-order valence-corrected chi connectivity index (χ2v) is 5.67. The molecule has 1 aromatic carbocycles. The summed E-state index contributed by atoms with van der Waals surface area (Å²) in [6, 6.07) is 6.99. The molecule has 17 heavy (non-hydrogen) atoms. The van der Waals surface area contributed by atoms with Gasteiger partial charge in [0.25, 0.3) is 0 Å². The highest BCUT2D eigenvalue weighted by atomic mass is 35.5. The predicted molar refractivity (Wildman–Crippen MR) is 72.7 cm³/mol. The molecule has 0 spiro atoms. The second kappa shape index (κ2) is 4.51. The first kappa shape index (κ1) is 11.4. The summed E-state index contributed by atoms with van der Waals surface area (Å²) in [7, 11) is 0. The summed E-state index contributed by atoms with van der Waals surface area (Å²) >= 11 is 6.31. The average molecular weight is 251 g/mol. The number of halogens is 1. The van der Waals surface area contributed by atoms with Crippen LogP contribution in [0.15, 0.2) is 18.2 Å². The van der Waals surface area contributed by atoms with Crippen molar-refractivity contribution in [1.29, 1.82) is 0 Å². The number of nitrogens with zero attached hydrogens (tertiary/aromatic N) is 1. The van der Waals surface area contributed by atoms with Crippen LogP contribution < -0.4 is 10.6 Å². The van der Waals surface area contributed by atoms with E-state index in [4.69, 9.17) is 17.3 Å². The van der Waals surface area contributed by atoms with E-state index >= 15 is 0 Å². The molecule has 1 saturated carbocycles. The first-order valence-electron chi connectivity index (χ1n) is 6.53. The zero-order valence-corrected chi connectivity index (χ0v) is 10.8. The van der Waals surface area contributed by atoms with Crippen LogP contribution in [0.4, 0.5) is 5.69 Å². The molecule has 1 aromatic rings. The van der Waals surface area contributed by atoms with E-state index in [1.54, 1.807) is 0 Å². The van der Waals surface area contributed by atoms with E-state index in [1.807, 2.05) is 6.07 Å². The Morgan fingerprint density at radius 2 is 2.24 bits per heavy atom. The molecule has 1 saturated heterocycles. The fourth-order valence-electron chi connectivity index (χ4n) is 3.43. The summed E-state index contributed by atoms with van der Waals surface area (Å²) in [5.74, 6) is 0.907. The first-order valence-corrected chi connectivity index (χ1v) is 6.91. The van der Waals surface area contributed by atoms with Crippen molar-refractivity contribution in [3.8, 4) is 0 Å². The Kier molecular flexibility index (Phi) is 3.01. The summed E-state index contributed by atoms with van der Waals surface area (Å²) in [4.78, 5) is 2.56. The van der Waals surface area contributed by atoms with E-state index in [9.17, 15) is 0 Å². The van der Waals surface area contributed by atoms with Crippen molar-refractivity contribution in [2.45, 2.75) is 31.7 Å². The lowest BCUT2D eigenvalue weighted by atomic mass is 10.0. The molecule has 1 aliphatic heterocycles. The number of fused-ring (bicyclic) bond motifs is 2. The quantitative estimate of drug-likeness (QED) is 0.894. The van der Waals surface area contributed by atoms with Gasteiger partial charge in [0.05, 0.1) is 0 Å². The summed E-state index contributed by atoms with van der Waals surface area (Å²) < 4.78 is 0. The van der Waals surface area contributed by atoms with Crippen molar-refractivity contribution < 1.29 is 0 Å². The summed E-state index contributed by atoms with van der Waals surface area (Å²) in [6.45, 7) is 1.88. The van der Waals surface area contributed by atoms with E-state index in [0.717, 1.165) is 23.4 Å². The number of hydrogen-bond acceptors (Lipinski definition) is 2. The average Bonchev–Trinajstić information content (AvgIpc) is 2.94. The third kappa shape index (κ3) is 1.94. The summed E-state index contributed by atoms with van der Waals surface area (Å²) in [6.07, 6.45) is 5.00. The van der Waals surface area contributed by atoms with Gasteiger partial charge in [0, 0.05) is 23.3 Å². The third-order valence-corrected chi connectivity index (χ3v) is 4.56. The molecule has 3 heteroatoms. The van der Waals surface area contributed by atoms with Gasteiger partial charge in [-0.3, -0.25) is 0 Å². The third-order valence-electron chi connectivity index (χ3n) is 4.21. The van der Waals surface area contributed by atoms with Gasteiger partial charge in [0.2, 0.25) is 0 Å². The molecular formula is C14H19ClN2. The molecule has 2 unspecified atom stereocenters. The maximum atomic E-state index is 6.31. The number of rotatable bonds is 3. The molecule has 2 N–H and O–H groups in total. The van der Waals surface area contributed by atoms with Gasteiger partial charge in [-0.25, -0.2) is 0 Å². The van der Waals surface area contributed by atoms with E-state index in [1.165, 1.54) is 37.1 Å². The van der Waals surface area contributed by atoms with Gasteiger partial charge in [-0.15, -0.1) is 0 Å². The van der Waals surface area contributed by atoms with Crippen molar-refractivity contribution in [3.63, 3.8) is 0 Å². The van der Waals surface area contributed by atoms with E-state index in [-0.39, 0.29) is 0 Å². The lowest BCUT2D eigenvalue weighted by molar-refractivity contribution is 0.552. The normalized spacial score (nSPS) is 26.8. The van der Waals surface area contributed by atoms with Gasteiger partial charge < -0.3 is 10.6 Å². The Balaban J connectivity index is 1.94. The molecule has 92 valence electrons. The van der Waals surface area contributed by atoms with E-state index < -0.39 is 0 Å². The summed E-state index contributed by atoms with van der Waals surface area (Å²) in [5.41, 5.74) is 8.26. The molecule has 2 atom stereocenters. The highest BCUT2D eigenvalue weighted by Crippen LogP contribution is 2.42. The molecule has 0 radical (unpaired) electrons. The SMILES string of the molecule is NCCc1c(Cl)cccc1N1CC2CCC1C2. The van der Waals surface area contributed by atoms with Gasteiger partial charge in [-0.2, -0.15) is 0 Å². The number of nitrogens with two attached hydrogens (primary N) is 1. The zero-order valence-electron chi connectivity index (χ0n) is 10.0. The topological polar surface area (TPSA) is 29.3 Å². The van der Waals surface area contributed by atoms with Gasteiger partial charge in [0.1, 0.15) is 0 Å². The minimum absolute atomic E-state index is 0.665. The molecule has 2 bridgehead atoms. The van der Waals surface area contributed by atoms with Crippen LogP contribution in [-0.4, -0.2) is 19.1 Å². The maximum absolute atomic E-state index is 6.31. The monoisotopic (exact) mass is 250 g/mol. The van der Waals surface area contributed by atoms with E-state index in [0.29, 0.717) is 6.54 Å². The van der Waals surface area contributed by atoms with Crippen LogP contribution in [0.5, 0.6) is 0 Å². The van der Waals surface area contributed by atoms with Crippen LogP contribution in [0.3, 0.4) is 0 Å². The minimum atomic E-state index is 0.665. The van der Waals surface area contributed by atoms with E-state index in [2.05, 4.69) is 17.0 Å². The van der Waals surface area contributed by atoms with Crippen LogP contribution in [0.2, 0.25) is 5.02 Å². The van der Waals surface area contributed by atoms with Crippen LogP contribution in [-0.2, 0) is 6.42 Å². The van der Waals surface area contributed by atoms with Crippen LogP contribution in [0.1, 0.15) is 24.8 Å². The van der Waals surface area contributed by atoms with Crippen molar-refractivity contribution >= 4 is 17.3 Å². The Morgan fingerprint density at radius 3 is 2.88 bits per heavy atom. The second-order valence-electron chi connectivity index (χ2n) is 5.26. The van der Waals surface area contributed by atoms with Crippen molar-refractivity contribution in [1.82, 2.24) is 0 Å². The Morgan fingerprint density at radius 1 is 1.35 bits per heavy atom. The Bertz CT molecular complexity index is 419. The Hall–Kier alpha value is -0.730. The van der Waals surface area contributed by atoms with Gasteiger partial charge in [0.15, 0.2) is 0 Å². The smallest absolute Gasteiger partial charge is 0.0459 e. The van der Waals surface area contributed by atoms with Crippen molar-refractivity contribution in [2.24, 2.45) is 11.7 Å². The molecule has 2 aliphatic rings. The van der Waals surface area contributed by atoms with Crippen LogP contribution in [0, 0.1) is 5.92 Å². The molecule has 3 rings (SSSR count). The minimum Gasteiger partial charge on any atom is -0.368 e. The number of anilines is 1. The van der Waals surface area contributed by atoms with Gasteiger partial charge in [-0.1, -0.05) is 17.7 Å². The van der Waals surface area contributed by atoms with Crippen molar-refractivity contribution in [2.75, 3.05) is 18.0 Å². The fraction of sp³-hybridized carbons (Fsp3) is 0.571. The lowest BCUT2D eigenvalue weighted by Crippen LogP contribution is -2.32. The summed E-state index contributed by atoms with van der Waals surface area (Å²) in [5, 5.41) is 0.871. The Labute approximate surface area is 108 Å². The zero-order chi connectivity index (χ0) is 11.8. The molecule has 1 heterocycles. The largest absolute Gasteiger partial charge is 0.368 e. The predicted octanol–water partition coefficient (Wildman–Crippen LogP) is 2.83. The van der Waals surface area contributed by atoms with Crippen molar-refractivity contribution in [3.05, 3.63) is 28.8 Å². The first-order chi connectivity index (χ1) is 8.29. The number of piperidine rings is 1. The fourth-order valence-corrected chi connectivity index (χ4v) is 3.69. The molecule has 0 aromatic heterocycles. The maximum Gasteiger partial charge on any atom is 0.0459 e. The molecule has 0 amide bonds. The molecular weight excluding hydrogens is 232 g/mol. The van der Waals surface area contributed by atoms with Crippen LogP contribution in [0.25, 0.3) is 0 Å².